The quantitative estimate of drug-likeness (QED) is 0.840. The number of hydrogen-bond donors (Lipinski definition) is 1. The van der Waals surface area contributed by atoms with Crippen LogP contribution in [0, 0.1) is 6.92 Å². The molecule has 1 aromatic carbocycles. The number of rotatable bonds is 1. The molecule has 4 heteroatoms. The monoisotopic (exact) mass is 246 g/mol. The lowest BCUT2D eigenvalue weighted by Gasteiger charge is -2.33. The molecule has 0 saturated carbocycles. The van der Waals surface area contributed by atoms with Gasteiger partial charge in [0.1, 0.15) is 16.3 Å². The molecule has 0 fully saturated rings. The van der Waals surface area contributed by atoms with E-state index >= 15 is 0 Å². The zero-order chi connectivity index (χ0) is 11.9. The van der Waals surface area contributed by atoms with E-state index in [1.807, 2.05) is 36.6 Å². The molecule has 17 heavy (non-hydrogen) atoms. The molecule has 1 atom stereocenters. The van der Waals surface area contributed by atoms with Gasteiger partial charge in [0, 0.05) is 23.1 Å². The first kappa shape index (κ1) is 10.7. The zero-order valence-corrected chi connectivity index (χ0v) is 10.5. The largest absolute Gasteiger partial charge is 0.493 e. The van der Waals surface area contributed by atoms with Gasteiger partial charge in [-0.05, 0) is 13.0 Å². The second kappa shape index (κ2) is 3.82. The fourth-order valence-corrected chi connectivity index (χ4v) is 3.15. The SMILES string of the molecule is Cc1csc(C2(N)CCOc3ccccc32)n1. The number of aromatic nitrogens is 1. The van der Waals surface area contributed by atoms with Crippen LogP contribution in [0.15, 0.2) is 29.6 Å². The van der Waals surface area contributed by atoms with Crippen LogP contribution < -0.4 is 10.5 Å². The first-order valence-electron chi connectivity index (χ1n) is 5.64. The topological polar surface area (TPSA) is 48.1 Å². The Morgan fingerprint density at radius 2 is 2.24 bits per heavy atom. The highest BCUT2D eigenvalue weighted by Gasteiger charge is 2.37. The third-order valence-corrected chi connectivity index (χ3v) is 4.26. The Bertz CT molecular complexity index is 552. The smallest absolute Gasteiger partial charge is 0.124 e. The van der Waals surface area contributed by atoms with Crippen molar-refractivity contribution in [1.82, 2.24) is 4.98 Å². The van der Waals surface area contributed by atoms with Gasteiger partial charge in [0.15, 0.2) is 0 Å². The number of thiazole rings is 1. The maximum absolute atomic E-state index is 6.57. The number of fused-ring (bicyclic) bond motifs is 1. The minimum Gasteiger partial charge on any atom is -0.493 e. The molecule has 0 saturated heterocycles. The molecule has 1 aliphatic heterocycles. The molecule has 2 N–H and O–H groups in total. The summed E-state index contributed by atoms with van der Waals surface area (Å²) in [5.41, 5.74) is 8.15. The molecule has 0 radical (unpaired) electrons. The van der Waals surface area contributed by atoms with Gasteiger partial charge in [-0.2, -0.15) is 0 Å². The van der Waals surface area contributed by atoms with E-state index < -0.39 is 5.54 Å². The predicted molar refractivity (Wildman–Crippen MR) is 68.4 cm³/mol. The van der Waals surface area contributed by atoms with E-state index in [4.69, 9.17) is 10.5 Å². The number of aryl methyl sites for hydroxylation is 1. The molecule has 1 aliphatic rings. The molecule has 3 rings (SSSR count). The van der Waals surface area contributed by atoms with Crippen LogP contribution in [-0.4, -0.2) is 11.6 Å². The maximum atomic E-state index is 6.57. The third kappa shape index (κ3) is 1.64. The summed E-state index contributed by atoms with van der Waals surface area (Å²) in [6, 6.07) is 7.97. The molecule has 2 aromatic rings. The van der Waals surface area contributed by atoms with Gasteiger partial charge in [-0.25, -0.2) is 4.98 Å². The van der Waals surface area contributed by atoms with E-state index in [9.17, 15) is 0 Å². The van der Waals surface area contributed by atoms with E-state index in [-0.39, 0.29) is 0 Å². The number of nitrogens with two attached hydrogens (primary N) is 1. The van der Waals surface area contributed by atoms with Crippen molar-refractivity contribution in [2.24, 2.45) is 5.73 Å². The van der Waals surface area contributed by atoms with Crippen molar-refractivity contribution < 1.29 is 4.74 Å². The number of benzene rings is 1. The van der Waals surface area contributed by atoms with Crippen molar-refractivity contribution >= 4 is 11.3 Å². The Kier molecular flexibility index (Phi) is 2.42. The van der Waals surface area contributed by atoms with Crippen LogP contribution in [0.3, 0.4) is 0 Å². The summed E-state index contributed by atoms with van der Waals surface area (Å²) in [4.78, 5) is 4.54. The van der Waals surface area contributed by atoms with Gasteiger partial charge in [0.2, 0.25) is 0 Å². The second-order valence-corrected chi connectivity index (χ2v) is 5.22. The van der Waals surface area contributed by atoms with Gasteiger partial charge in [-0.15, -0.1) is 11.3 Å². The van der Waals surface area contributed by atoms with Crippen molar-refractivity contribution in [3.05, 3.63) is 45.9 Å². The van der Waals surface area contributed by atoms with E-state index in [0.29, 0.717) is 6.61 Å². The summed E-state index contributed by atoms with van der Waals surface area (Å²) in [6.07, 6.45) is 0.775. The van der Waals surface area contributed by atoms with Crippen molar-refractivity contribution in [1.29, 1.82) is 0 Å². The molecule has 0 bridgehead atoms. The van der Waals surface area contributed by atoms with Crippen LogP contribution in [0.4, 0.5) is 0 Å². The molecule has 1 unspecified atom stereocenters. The lowest BCUT2D eigenvalue weighted by atomic mass is 9.86. The Morgan fingerprint density at radius 1 is 1.41 bits per heavy atom. The highest BCUT2D eigenvalue weighted by Crippen LogP contribution is 2.40. The molecule has 0 aliphatic carbocycles. The molecular formula is C13H14N2OS. The Balaban J connectivity index is 2.15. The van der Waals surface area contributed by atoms with Crippen LogP contribution >= 0.6 is 11.3 Å². The summed E-state index contributed by atoms with van der Waals surface area (Å²) >= 11 is 1.63. The molecule has 2 heterocycles. The van der Waals surface area contributed by atoms with Gasteiger partial charge >= 0.3 is 0 Å². The highest BCUT2D eigenvalue weighted by atomic mass is 32.1. The zero-order valence-electron chi connectivity index (χ0n) is 9.64. The molecule has 88 valence electrons. The molecular weight excluding hydrogens is 232 g/mol. The van der Waals surface area contributed by atoms with E-state index in [1.165, 1.54) is 0 Å². The fourth-order valence-electron chi connectivity index (χ4n) is 2.20. The second-order valence-electron chi connectivity index (χ2n) is 4.36. The standard InChI is InChI=1S/C13H14N2OS/c1-9-8-17-12(15-9)13(14)6-7-16-11-5-3-2-4-10(11)13/h2-5,8H,6-7,14H2,1H3. The molecule has 1 aromatic heterocycles. The van der Waals surface area contributed by atoms with E-state index in [1.54, 1.807) is 11.3 Å². The lowest BCUT2D eigenvalue weighted by Crippen LogP contribution is -2.42. The van der Waals surface area contributed by atoms with Crippen molar-refractivity contribution in [3.63, 3.8) is 0 Å². The van der Waals surface area contributed by atoms with Gasteiger partial charge in [0.25, 0.3) is 0 Å². The van der Waals surface area contributed by atoms with Crippen molar-refractivity contribution in [2.45, 2.75) is 18.9 Å². The summed E-state index contributed by atoms with van der Waals surface area (Å²) in [5.74, 6) is 0.883. The van der Waals surface area contributed by atoms with Crippen LogP contribution in [0.2, 0.25) is 0 Å². The van der Waals surface area contributed by atoms with Crippen LogP contribution in [-0.2, 0) is 5.54 Å². The van der Waals surface area contributed by atoms with Gasteiger partial charge in [-0.1, -0.05) is 18.2 Å². The molecule has 0 amide bonds. The summed E-state index contributed by atoms with van der Waals surface area (Å²) in [7, 11) is 0. The minimum absolute atomic E-state index is 0.492. The van der Waals surface area contributed by atoms with Gasteiger partial charge in [0.05, 0.1) is 6.61 Å². The van der Waals surface area contributed by atoms with Gasteiger partial charge in [-0.3, -0.25) is 0 Å². The predicted octanol–water partition coefficient (Wildman–Crippen LogP) is 2.44. The summed E-state index contributed by atoms with van der Waals surface area (Å²) in [6.45, 7) is 2.64. The number of para-hydroxylation sites is 1. The Labute approximate surface area is 104 Å². The van der Waals surface area contributed by atoms with E-state index in [0.717, 1.165) is 28.4 Å². The Morgan fingerprint density at radius 3 is 3.00 bits per heavy atom. The highest BCUT2D eigenvalue weighted by molar-refractivity contribution is 7.09. The first-order valence-corrected chi connectivity index (χ1v) is 6.52. The third-order valence-electron chi connectivity index (χ3n) is 3.12. The average molecular weight is 246 g/mol. The van der Waals surface area contributed by atoms with Crippen LogP contribution in [0.5, 0.6) is 5.75 Å². The minimum atomic E-state index is -0.492. The lowest BCUT2D eigenvalue weighted by molar-refractivity contribution is 0.237. The number of nitrogens with zero attached hydrogens (tertiary/aromatic N) is 1. The van der Waals surface area contributed by atoms with Gasteiger partial charge < -0.3 is 10.5 Å². The summed E-state index contributed by atoms with van der Waals surface area (Å²) < 4.78 is 5.64. The number of hydrogen-bond acceptors (Lipinski definition) is 4. The maximum Gasteiger partial charge on any atom is 0.124 e. The average Bonchev–Trinajstić information content (AvgIpc) is 2.77. The van der Waals surface area contributed by atoms with E-state index in [2.05, 4.69) is 4.98 Å². The first-order chi connectivity index (χ1) is 8.20. The molecule has 3 nitrogen and oxygen atoms in total. The Hall–Kier alpha value is -1.39. The van der Waals surface area contributed by atoms with Crippen LogP contribution in [0.1, 0.15) is 22.7 Å². The van der Waals surface area contributed by atoms with Crippen molar-refractivity contribution in [3.8, 4) is 5.75 Å². The van der Waals surface area contributed by atoms with Crippen LogP contribution in [0.25, 0.3) is 0 Å². The fraction of sp³-hybridized carbons (Fsp3) is 0.308. The summed E-state index contributed by atoms with van der Waals surface area (Å²) in [5, 5.41) is 3.02. The normalized spacial score (nSPS) is 22.9. The number of ether oxygens (including phenoxy) is 1. The molecule has 0 spiro atoms. The van der Waals surface area contributed by atoms with Crippen molar-refractivity contribution in [2.75, 3.05) is 6.61 Å².